The van der Waals surface area contributed by atoms with Crippen molar-refractivity contribution in [2.45, 2.75) is 12.8 Å². The van der Waals surface area contributed by atoms with E-state index in [4.69, 9.17) is 15.2 Å². The van der Waals surface area contributed by atoms with Crippen LogP contribution in [0.15, 0.2) is 91.0 Å². The van der Waals surface area contributed by atoms with E-state index < -0.39 is 5.82 Å². The molecule has 0 aliphatic heterocycles. The van der Waals surface area contributed by atoms with Crippen LogP contribution in [0.3, 0.4) is 0 Å². The third kappa shape index (κ3) is 6.90. The summed E-state index contributed by atoms with van der Waals surface area (Å²) in [4.78, 5) is 26.0. The lowest BCUT2D eigenvalue weighted by Gasteiger charge is -2.11. The molecule has 4 rings (SSSR count). The number of nitrogens with two attached hydrogens (primary N) is 1. The number of carbonyl (C=O) groups excluding carboxylic acids is 2. The first-order valence-electron chi connectivity index (χ1n) is 12.4. The summed E-state index contributed by atoms with van der Waals surface area (Å²) in [7, 11) is 3.09. The van der Waals surface area contributed by atoms with E-state index in [1.807, 2.05) is 12.1 Å². The van der Waals surface area contributed by atoms with Crippen LogP contribution in [0.2, 0.25) is 0 Å². The molecule has 0 spiro atoms. The van der Waals surface area contributed by atoms with Crippen LogP contribution < -0.4 is 20.5 Å². The van der Waals surface area contributed by atoms with E-state index in [0.29, 0.717) is 46.0 Å². The van der Waals surface area contributed by atoms with Crippen molar-refractivity contribution in [2.75, 3.05) is 25.3 Å². The number of rotatable bonds is 10. The molecule has 4 aromatic rings. The lowest BCUT2D eigenvalue weighted by molar-refractivity contribution is -0.113. The van der Waals surface area contributed by atoms with Gasteiger partial charge in [-0.3, -0.25) is 9.59 Å². The van der Waals surface area contributed by atoms with Gasteiger partial charge < -0.3 is 20.5 Å². The fraction of sp³-hybridized carbons (Fsp3) is 0.125. The number of nitrogen functional groups attached to an aromatic ring is 1. The van der Waals surface area contributed by atoms with Gasteiger partial charge in [-0.1, -0.05) is 42.5 Å². The number of anilines is 2. The molecule has 0 fully saturated rings. The summed E-state index contributed by atoms with van der Waals surface area (Å²) in [6.45, 7) is 0. The van der Waals surface area contributed by atoms with Gasteiger partial charge in [0, 0.05) is 17.6 Å². The Labute approximate surface area is 226 Å². The zero-order valence-electron chi connectivity index (χ0n) is 21.7. The number of ether oxygens (including phenoxy) is 2. The van der Waals surface area contributed by atoms with E-state index in [9.17, 15) is 14.0 Å². The van der Waals surface area contributed by atoms with Crippen molar-refractivity contribution in [3.05, 3.63) is 119 Å². The zero-order chi connectivity index (χ0) is 27.8. The average molecular weight is 525 g/mol. The first-order chi connectivity index (χ1) is 18.9. The minimum atomic E-state index is -0.426. The van der Waals surface area contributed by atoms with Crippen LogP contribution in [-0.2, 0) is 11.2 Å². The van der Waals surface area contributed by atoms with E-state index >= 15 is 0 Å². The molecular formula is C32H29FN2O4. The molecule has 1 amide bonds. The Kier molecular flexibility index (Phi) is 8.74. The molecule has 0 aliphatic carbocycles. The molecular weight excluding hydrogens is 495 g/mol. The van der Waals surface area contributed by atoms with Crippen LogP contribution in [0.1, 0.15) is 33.5 Å². The van der Waals surface area contributed by atoms with E-state index in [1.54, 1.807) is 79.9 Å². The van der Waals surface area contributed by atoms with Gasteiger partial charge in [-0.05, 0) is 77.7 Å². The molecule has 0 radical (unpaired) electrons. The summed E-state index contributed by atoms with van der Waals surface area (Å²) in [6, 6.07) is 25.4. The molecule has 0 bridgehead atoms. The smallest absolute Gasteiger partial charge is 0.255 e. The minimum absolute atomic E-state index is 0.142. The Bertz CT molecular complexity index is 1510. The predicted molar refractivity (Wildman–Crippen MR) is 152 cm³/mol. The van der Waals surface area contributed by atoms with Crippen LogP contribution in [0.25, 0.3) is 11.6 Å². The molecule has 0 atom stereocenters. The van der Waals surface area contributed by atoms with Crippen molar-refractivity contribution in [3.63, 3.8) is 0 Å². The molecule has 0 saturated heterocycles. The molecule has 4 aromatic carbocycles. The maximum Gasteiger partial charge on any atom is 0.255 e. The molecule has 0 aromatic heterocycles. The number of halogens is 1. The number of methoxy groups -OCH3 is 2. The first-order valence-corrected chi connectivity index (χ1v) is 12.4. The van der Waals surface area contributed by atoms with Gasteiger partial charge in [0.25, 0.3) is 5.91 Å². The maximum absolute atomic E-state index is 14.0. The number of ketones is 1. The molecule has 6 nitrogen and oxygen atoms in total. The van der Waals surface area contributed by atoms with Gasteiger partial charge in [0.15, 0.2) is 17.3 Å². The number of amides is 1. The largest absolute Gasteiger partial charge is 0.493 e. The van der Waals surface area contributed by atoms with Crippen LogP contribution in [0.5, 0.6) is 11.5 Å². The van der Waals surface area contributed by atoms with Crippen molar-refractivity contribution in [1.29, 1.82) is 0 Å². The Morgan fingerprint density at radius 2 is 1.59 bits per heavy atom. The highest BCUT2D eigenvalue weighted by molar-refractivity contribution is 6.25. The third-order valence-corrected chi connectivity index (χ3v) is 6.22. The van der Waals surface area contributed by atoms with Crippen molar-refractivity contribution in [2.24, 2.45) is 0 Å². The van der Waals surface area contributed by atoms with Gasteiger partial charge in [-0.25, -0.2) is 4.39 Å². The number of carbonyl (C=O) groups is 2. The van der Waals surface area contributed by atoms with Crippen molar-refractivity contribution in [1.82, 2.24) is 0 Å². The molecule has 0 aliphatic rings. The molecule has 7 heteroatoms. The molecule has 0 heterocycles. The molecule has 0 saturated carbocycles. The normalized spacial score (nSPS) is 11.1. The highest BCUT2D eigenvalue weighted by Gasteiger charge is 2.15. The number of aryl methyl sites for hydroxylation is 1. The van der Waals surface area contributed by atoms with Crippen LogP contribution in [0, 0.1) is 5.82 Å². The van der Waals surface area contributed by atoms with Crippen LogP contribution in [-0.4, -0.2) is 25.9 Å². The Hall–Kier alpha value is -4.91. The van der Waals surface area contributed by atoms with E-state index in [1.165, 1.54) is 19.2 Å². The lowest BCUT2D eigenvalue weighted by atomic mass is 9.94. The minimum Gasteiger partial charge on any atom is -0.493 e. The van der Waals surface area contributed by atoms with E-state index in [-0.39, 0.29) is 18.1 Å². The Morgan fingerprint density at radius 1 is 0.846 bits per heavy atom. The number of hydrogen-bond donors (Lipinski definition) is 2. The summed E-state index contributed by atoms with van der Waals surface area (Å²) >= 11 is 0. The van der Waals surface area contributed by atoms with Crippen molar-refractivity contribution < 1.29 is 23.5 Å². The Balaban J connectivity index is 1.50. The third-order valence-electron chi connectivity index (χ3n) is 6.22. The summed E-state index contributed by atoms with van der Waals surface area (Å²) in [5.74, 6) is 0.247. The lowest BCUT2D eigenvalue weighted by Crippen LogP contribution is -2.13. The van der Waals surface area contributed by atoms with E-state index in [0.717, 1.165) is 11.1 Å². The number of nitrogens with one attached hydrogen (secondary N) is 1. The molecule has 198 valence electrons. The second-order valence-corrected chi connectivity index (χ2v) is 8.84. The summed E-state index contributed by atoms with van der Waals surface area (Å²) in [5.41, 5.74) is 9.89. The van der Waals surface area contributed by atoms with Gasteiger partial charge in [0.05, 0.1) is 25.6 Å². The summed E-state index contributed by atoms with van der Waals surface area (Å²) in [6.07, 6.45) is 2.37. The van der Waals surface area contributed by atoms with Gasteiger partial charge in [-0.15, -0.1) is 0 Å². The van der Waals surface area contributed by atoms with Crippen molar-refractivity contribution in [3.8, 4) is 11.5 Å². The number of hydrogen-bond acceptors (Lipinski definition) is 5. The Morgan fingerprint density at radius 3 is 2.28 bits per heavy atom. The zero-order valence-corrected chi connectivity index (χ0v) is 21.7. The number of Topliss-reactive ketones (excluding diaryl/α,β-unsaturated/α-hetero) is 1. The fourth-order valence-corrected chi connectivity index (χ4v) is 4.11. The highest BCUT2D eigenvalue weighted by atomic mass is 19.1. The van der Waals surface area contributed by atoms with Gasteiger partial charge in [-0.2, -0.15) is 0 Å². The number of benzene rings is 4. The topological polar surface area (TPSA) is 90.7 Å². The van der Waals surface area contributed by atoms with Crippen LogP contribution in [0.4, 0.5) is 15.8 Å². The van der Waals surface area contributed by atoms with E-state index in [2.05, 4.69) is 5.32 Å². The van der Waals surface area contributed by atoms with Gasteiger partial charge in [0.2, 0.25) is 0 Å². The van der Waals surface area contributed by atoms with Crippen molar-refractivity contribution >= 4 is 34.7 Å². The first kappa shape index (κ1) is 27.1. The maximum atomic E-state index is 14.0. The molecule has 39 heavy (non-hydrogen) atoms. The van der Waals surface area contributed by atoms with Gasteiger partial charge in [0.1, 0.15) is 5.82 Å². The quantitative estimate of drug-likeness (QED) is 0.142. The highest BCUT2D eigenvalue weighted by Crippen LogP contribution is 2.30. The summed E-state index contributed by atoms with van der Waals surface area (Å²) in [5, 5.41) is 2.80. The second kappa shape index (κ2) is 12.6. The monoisotopic (exact) mass is 524 g/mol. The summed E-state index contributed by atoms with van der Waals surface area (Å²) < 4.78 is 24.7. The fourth-order valence-electron chi connectivity index (χ4n) is 4.11. The SMILES string of the molecule is COc1ccc(/C=C(/C(=O)CCc2ccc(C(=O)Nc3ccccc3N)cc2)c2cccc(F)c2)cc1OC. The second-order valence-electron chi connectivity index (χ2n) is 8.84. The van der Waals surface area contributed by atoms with Crippen LogP contribution >= 0.6 is 0 Å². The molecule has 0 unspecified atom stereocenters. The number of allylic oxidation sites excluding steroid dienone is 1. The molecule has 3 N–H and O–H groups in total. The standard InChI is InChI=1S/C32H29FN2O4/c1-38-30-17-13-22(19-31(30)39-2)18-26(24-6-5-7-25(33)20-24)29(36)16-12-21-10-14-23(15-11-21)32(37)35-28-9-4-3-8-27(28)34/h3-11,13-15,17-20H,12,16,34H2,1-2H3,(H,35,37)/b26-18+. The average Bonchev–Trinajstić information content (AvgIpc) is 2.96. The van der Waals surface area contributed by atoms with Gasteiger partial charge >= 0.3 is 0 Å². The predicted octanol–water partition coefficient (Wildman–Crippen LogP) is 6.42. The number of para-hydroxylation sites is 2.